The first-order chi connectivity index (χ1) is 0. The van der Waals surface area contributed by atoms with Crippen molar-refractivity contribution in [3.05, 3.63) is 0 Å². The van der Waals surface area contributed by atoms with Gasteiger partial charge in [0.25, 0.3) is 0 Å². The summed E-state index contributed by atoms with van der Waals surface area (Å²) < 4.78 is 0. The molecule has 37 valence electrons. The topological polar surface area (TPSA) is 0 Å². The summed E-state index contributed by atoms with van der Waals surface area (Å²) in [7, 11) is 0. The molecule has 0 bridgehead atoms. The first kappa shape index (κ1) is 48.9. The number of hydrogen-bond donors (Lipinski definition) is 0. The average Bonchev–Trinajstić information content (AvgIpc) is 0. The Labute approximate surface area is 134 Å². The summed E-state index contributed by atoms with van der Waals surface area (Å²) in [5.41, 5.74) is 0. The molecule has 1 radical (unpaired) electrons. The Bertz CT molecular complexity index is 25.2. The third-order valence-corrected chi connectivity index (χ3v) is 0. The van der Waals surface area contributed by atoms with Gasteiger partial charge in [-0.15, -0.1) is 0 Å². The molecule has 0 saturated carbocycles. The van der Waals surface area contributed by atoms with Crippen molar-refractivity contribution in [2.75, 3.05) is 0 Å². The minimum atomic E-state index is 0. The van der Waals surface area contributed by atoms with Crippen molar-refractivity contribution in [3.63, 3.8) is 0 Å². The van der Waals surface area contributed by atoms with Crippen LogP contribution in [0.15, 0.2) is 0 Å². The third kappa shape index (κ3) is 24.1. The van der Waals surface area contributed by atoms with Crippen LogP contribution in [0, 0.1) is 0 Å². The summed E-state index contributed by atoms with van der Waals surface area (Å²) in [5, 5.41) is 0. The van der Waals surface area contributed by atoms with Crippen molar-refractivity contribution >= 4 is 77.9 Å². The van der Waals surface area contributed by atoms with E-state index in [2.05, 4.69) is 0 Å². The molecule has 0 saturated heterocycles. The fraction of sp³-hybridized carbons (Fsp3) is 0. The number of rotatable bonds is 0. The predicted octanol–water partition coefficient (Wildman–Crippen LogP) is -1.24. The van der Waals surface area contributed by atoms with Crippen LogP contribution in [0.25, 0.3) is 0 Å². The van der Waals surface area contributed by atoms with Gasteiger partial charge in [-0.1, -0.05) is 0 Å². The smallest absolute Gasteiger partial charge is 0 e. The molecule has 0 spiro atoms. The van der Waals surface area contributed by atoms with Gasteiger partial charge in [0.15, 0.2) is 0 Å². The second-order valence-electron chi connectivity index (χ2n) is 0. The van der Waals surface area contributed by atoms with Gasteiger partial charge in [0, 0.05) is 53.6 Å². The molecular weight excluding hydrogens is 328 g/mol. The summed E-state index contributed by atoms with van der Waals surface area (Å²) in [6, 6.07) is 0. The fourth-order valence-corrected chi connectivity index (χ4v) is 0. The van der Waals surface area contributed by atoms with Gasteiger partial charge in [-0.3, -0.25) is 0 Å². The number of hydrogen-bond acceptors (Lipinski definition) is 0. The molecule has 0 aliphatic carbocycles. The maximum Gasteiger partial charge on any atom is 0 e. The van der Waals surface area contributed by atoms with Gasteiger partial charge in [-0.05, 0) is 0 Å². The second-order valence-corrected chi connectivity index (χ2v) is 0. The zero-order chi connectivity index (χ0) is 0. The summed E-state index contributed by atoms with van der Waals surface area (Å²) in [6.45, 7) is 0. The SMILES string of the molecule is [Ca+2].[Cu].[Fe].[H-].[H-].[H-].[H-].[Mg+2].[SeH2].[Zn]. The first-order valence-corrected chi connectivity index (χ1v) is 0. The van der Waals surface area contributed by atoms with E-state index < -0.39 is 0 Å². The minimum absolute atomic E-state index is 0. The molecule has 0 fully saturated rings. The molecule has 0 unspecified atom stereocenters. The van der Waals surface area contributed by atoms with Crippen molar-refractivity contribution in [1.82, 2.24) is 0 Å². The van der Waals surface area contributed by atoms with E-state index in [1.807, 2.05) is 0 Å². The fourth-order valence-electron chi connectivity index (χ4n) is 0. The molecule has 0 heterocycles. The molecule has 0 N–H and O–H groups in total. The van der Waals surface area contributed by atoms with Crippen molar-refractivity contribution in [2.24, 2.45) is 0 Å². The van der Waals surface area contributed by atoms with Gasteiger partial charge < -0.3 is 5.71 Å². The Morgan fingerprint density at radius 2 is 1.17 bits per heavy atom. The van der Waals surface area contributed by atoms with Gasteiger partial charge in [0.2, 0.25) is 0 Å². The molecule has 0 atom stereocenters. The van der Waals surface area contributed by atoms with E-state index in [0.29, 0.717) is 0 Å². The van der Waals surface area contributed by atoms with E-state index in [0.717, 1.165) is 0 Å². The van der Waals surface area contributed by atoms with Crippen LogP contribution in [0.4, 0.5) is 0 Å². The van der Waals surface area contributed by atoms with Crippen molar-refractivity contribution in [1.29, 1.82) is 0 Å². The molecule has 0 nitrogen and oxygen atoms in total. The van der Waals surface area contributed by atoms with Crippen LogP contribution < -0.4 is 0 Å². The molecule has 0 aliphatic heterocycles. The van der Waals surface area contributed by atoms with Crippen LogP contribution in [-0.4, -0.2) is 77.9 Å². The zero-order valence-electron chi connectivity index (χ0n) is 7.28. The standard InChI is InChI=1S/Ca.Cu.Fe.Mg.H2Se.Zn.4H/h;;;;1H2;;;;;/q+2;;;+2;;;4*-1. The maximum atomic E-state index is 0. The van der Waals surface area contributed by atoms with Gasteiger partial charge in [0.05, 0.1) is 0 Å². The van der Waals surface area contributed by atoms with E-state index in [1.165, 1.54) is 0 Å². The molecule has 6 heteroatoms. The Morgan fingerprint density at radius 1 is 1.17 bits per heavy atom. The summed E-state index contributed by atoms with van der Waals surface area (Å²) in [4.78, 5) is 0. The molecule has 6 heavy (non-hydrogen) atoms. The third-order valence-electron chi connectivity index (χ3n) is 0. The van der Waals surface area contributed by atoms with E-state index in [1.54, 1.807) is 0 Å². The van der Waals surface area contributed by atoms with Crippen LogP contribution in [0.2, 0.25) is 0 Å². The molecule has 0 aromatic rings. The maximum absolute atomic E-state index is 0. The van der Waals surface area contributed by atoms with Gasteiger partial charge in [-0.2, -0.15) is 0 Å². The van der Waals surface area contributed by atoms with E-state index in [4.69, 9.17) is 0 Å². The molecular formula is H6CaCuFeMgSeZn. The molecule has 0 aliphatic rings. The van der Waals surface area contributed by atoms with Crippen LogP contribution in [-0.2, 0) is 53.6 Å². The monoisotopic (exact) mass is 333 g/mol. The zero-order valence-corrected chi connectivity index (χ0v) is 14.0. The first-order valence-electron chi connectivity index (χ1n) is 0. The summed E-state index contributed by atoms with van der Waals surface area (Å²) in [6.07, 6.45) is 0. The van der Waals surface area contributed by atoms with E-state index in [-0.39, 0.29) is 137 Å². The van der Waals surface area contributed by atoms with Gasteiger partial charge in [0.1, 0.15) is 0 Å². The van der Waals surface area contributed by atoms with Crippen LogP contribution >= 0.6 is 0 Å². The average molecular weight is 334 g/mol. The molecule has 0 rings (SSSR count). The normalized spacial score (nSPS) is 0. The Morgan fingerprint density at radius 3 is 1.17 bits per heavy atom. The van der Waals surface area contributed by atoms with Gasteiger partial charge in [-0.25, -0.2) is 0 Å². The summed E-state index contributed by atoms with van der Waals surface area (Å²) >= 11 is 0. The largest absolute Gasteiger partial charge is 0 e. The van der Waals surface area contributed by atoms with E-state index >= 15 is 0 Å². The predicted molar refractivity (Wildman–Crippen MR) is 24.5 cm³/mol. The van der Waals surface area contributed by atoms with Crippen molar-refractivity contribution in [2.45, 2.75) is 0 Å². The molecule has 0 aromatic heterocycles. The van der Waals surface area contributed by atoms with Gasteiger partial charge >= 0.3 is 77.9 Å². The molecule has 0 amide bonds. The van der Waals surface area contributed by atoms with Crippen LogP contribution in [0.1, 0.15) is 5.71 Å². The Hall–Kier alpha value is 4.21. The Kier molecular flexibility index (Phi) is 285. The summed E-state index contributed by atoms with van der Waals surface area (Å²) in [5.74, 6) is 0. The minimum Gasteiger partial charge on any atom is 0 e. The quantitative estimate of drug-likeness (QED) is 0.487. The molecule has 0 aromatic carbocycles. The van der Waals surface area contributed by atoms with Crippen molar-refractivity contribution in [3.8, 4) is 0 Å². The Balaban J connectivity index is 0. The van der Waals surface area contributed by atoms with Crippen LogP contribution in [0.3, 0.4) is 0 Å². The van der Waals surface area contributed by atoms with Crippen molar-refractivity contribution < 1.29 is 59.3 Å². The van der Waals surface area contributed by atoms with Crippen LogP contribution in [0.5, 0.6) is 0 Å². The second kappa shape index (κ2) is 35.0. The van der Waals surface area contributed by atoms with E-state index in [9.17, 15) is 0 Å².